The Kier molecular flexibility index (Phi) is 4.98. The van der Waals surface area contributed by atoms with Crippen molar-refractivity contribution < 1.29 is 21.6 Å². The highest BCUT2D eigenvalue weighted by molar-refractivity contribution is 7.90. The zero-order valence-corrected chi connectivity index (χ0v) is 11.3. The summed E-state index contributed by atoms with van der Waals surface area (Å²) in [5, 5.41) is 0. The van der Waals surface area contributed by atoms with Crippen LogP contribution in [0.25, 0.3) is 0 Å². The molecule has 0 aliphatic heterocycles. The third-order valence-corrected chi connectivity index (χ3v) is 4.43. The van der Waals surface area contributed by atoms with E-state index in [0.717, 1.165) is 12.1 Å². The molecule has 108 valence electrons. The number of halogens is 3. The SMILES string of the molecule is CC(CN)CS(=O)(=O)Cc1cccc(C(F)(F)F)c1. The van der Waals surface area contributed by atoms with Gasteiger partial charge in [-0.3, -0.25) is 0 Å². The lowest BCUT2D eigenvalue weighted by atomic mass is 10.1. The number of hydrogen-bond acceptors (Lipinski definition) is 3. The molecule has 0 spiro atoms. The van der Waals surface area contributed by atoms with E-state index in [4.69, 9.17) is 5.73 Å². The summed E-state index contributed by atoms with van der Waals surface area (Å²) in [6, 6.07) is 4.36. The molecule has 0 radical (unpaired) electrons. The second kappa shape index (κ2) is 5.92. The summed E-state index contributed by atoms with van der Waals surface area (Å²) in [5.74, 6) is -0.739. The van der Waals surface area contributed by atoms with E-state index in [0.29, 0.717) is 0 Å². The Labute approximate surface area is 110 Å². The number of nitrogens with two attached hydrogens (primary N) is 1. The predicted molar refractivity (Wildman–Crippen MR) is 67.2 cm³/mol. The fraction of sp³-hybridized carbons (Fsp3) is 0.500. The highest BCUT2D eigenvalue weighted by Crippen LogP contribution is 2.29. The summed E-state index contributed by atoms with van der Waals surface area (Å²) in [6.45, 7) is 1.91. The van der Waals surface area contributed by atoms with Crippen molar-refractivity contribution in [2.45, 2.75) is 18.9 Å². The standard InChI is InChI=1S/C12H16F3NO2S/c1-9(6-16)7-19(17,18)8-10-3-2-4-11(5-10)12(13,14)15/h2-5,9H,6-8,16H2,1H3. The number of sulfone groups is 1. The van der Waals surface area contributed by atoms with Crippen LogP contribution in [0.15, 0.2) is 24.3 Å². The lowest BCUT2D eigenvalue weighted by Gasteiger charge is -2.11. The molecule has 1 rings (SSSR count). The van der Waals surface area contributed by atoms with Gasteiger partial charge in [-0.1, -0.05) is 25.1 Å². The van der Waals surface area contributed by atoms with Crippen molar-refractivity contribution in [1.82, 2.24) is 0 Å². The average Bonchev–Trinajstić information content (AvgIpc) is 2.26. The largest absolute Gasteiger partial charge is 0.416 e. The van der Waals surface area contributed by atoms with Gasteiger partial charge in [0.15, 0.2) is 9.84 Å². The Morgan fingerprint density at radius 1 is 1.32 bits per heavy atom. The van der Waals surface area contributed by atoms with Gasteiger partial charge in [0.2, 0.25) is 0 Å². The van der Waals surface area contributed by atoms with E-state index in [1.807, 2.05) is 0 Å². The van der Waals surface area contributed by atoms with Gasteiger partial charge in [0.1, 0.15) is 0 Å². The van der Waals surface area contributed by atoms with Gasteiger partial charge in [0, 0.05) is 0 Å². The van der Waals surface area contributed by atoms with Crippen molar-refractivity contribution in [3.05, 3.63) is 35.4 Å². The van der Waals surface area contributed by atoms with Crippen LogP contribution in [-0.2, 0) is 21.8 Å². The molecular weight excluding hydrogens is 279 g/mol. The second-order valence-corrected chi connectivity index (χ2v) is 6.70. The van der Waals surface area contributed by atoms with Crippen molar-refractivity contribution in [1.29, 1.82) is 0 Å². The monoisotopic (exact) mass is 295 g/mol. The van der Waals surface area contributed by atoms with Gasteiger partial charge in [-0.25, -0.2) is 8.42 Å². The van der Waals surface area contributed by atoms with Crippen molar-refractivity contribution in [2.24, 2.45) is 11.7 Å². The summed E-state index contributed by atoms with van der Waals surface area (Å²) >= 11 is 0. The average molecular weight is 295 g/mol. The van der Waals surface area contributed by atoms with E-state index in [1.165, 1.54) is 12.1 Å². The molecule has 1 atom stereocenters. The molecule has 2 N–H and O–H groups in total. The molecule has 3 nitrogen and oxygen atoms in total. The zero-order valence-electron chi connectivity index (χ0n) is 10.4. The van der Waals surface area contributed by atoms with Crippen LogP contribution in [0.1, 0.15) is 18.1 Å². The molecule has 0 saturated heterocycles. The number of rotatable bonds is 5. The number of benzene rings is 1. The van der Waals surface area contributed by atoms with Crippen molar-refractivity contribution in [2.75, 3.05) is 12.3 Å². The highest BCUT2D eigenvalue weighted by Gasteiger charge is 2.30. The van der Waals surface area contributed by atoms with Crippen LogP contribution in [0.2, 0.25) is 0 Å². The Morgan fingerprint density at radius 2 is 1.95 bits per heavy atom. The van der Waals surface area contributed by atoms with E-state index in [-0.39, 0.29) is 23.8 Å². The van der Waals surface area contributed by atoms with Crippen molar-refractivity contribution in [3.8, 4) is 0 Å². The van der Waals surface area contributed by atoms with Gasteiger partial charge < -0.3 is 5.73 Å². The minimum absolute atomic E-state index is 0.125. The lowest BCUT2D eigenvalue weighted by Crippen LogP contribution is -2.22. The molecule has 7 heteroatoms. The molecule has 0 aliphatic carbocycles. The van der Waals surface area contributed by atoms with E-state index in [1.54, 1.807) is 6.92 Å². The fourth-order valence-corrected chi connectivity index (χ4v) is 3.46. The molecule has 0 aromatic heterocycles. The fourth-order valence-electron chi connectivity index (χ4n) is 1.65. The zero-order chi connectivity index (χ0) is 14.7. The normalized spacial score (nSPS) is 14.4. The van der Waals surface area contributed by atoms with E-state index >= 15 is 0 Å². The van der Waals surface area contributed by atoms with Crippen LogP contribution < -0.4 is 5.73 Å². The van der Waals surface area contributed by atoms with Gasteiger partial charge in [-0.2, -0.15) is 13.2 Å². The Balaban J connectivity index is 2.89. The lowest BCUT2D eigenvalue weighted by molar-refractivity contribution is -0.137. The summed E-state index contributed by atoms with van der Waals surface area (Å²) in [5.41, 5.74) is 4.64. The third kappa shape index (κ3) is 5.20. The maximum Gasteiger partial charge on any atom is 0.416 e. The molecule has 19 heavy (non-hydrogen) atoms. The third-order valence-electron chi connectivity index (χ3n) is 2.58. The summed E-state index contributed by atoms with van der Waals surface area (Å²) < 4.78 is 61.1. The van der Waals surface area contributed by atoms with Crippen LogP contribution in [0.4, 0.5) is 13.2 Å². The first-order valence-electron chi connectivity index (χ1n) is 5.70. The topological polar surface area (TPSA) is 60.2 Å². The maximum absolute atomic E-state index is 12.5. The number of alkyl halides is 3. The maximum atomic E-state index is 12.5. The minimum atomic E-state index is -4.47. The van der Waals surface area contributed by atoms with Crippen molar-refractivity contribution in [3.63, 3.8) is 0 Å². The highest BCUT2D eigenvalue weighted by atomic mass is 32.2. The summed E-state index contributed by atoms with van der Waals surface area (Å²) in [7, 11) is -3.46. The Hall–Kier alpha value is -1.08. The van der Waals surface area contributed by atoms with Gasteiger partial charge in [-0.15, -0.1) is 0 Å². The smallest absolute Gasteiger partial charge is 0.330 e. The molecule has 1 aromatic rings. The molecule has 0 saturated carbocycles. The Bertz CT molecular complexity index is 526. The van der Waals surface area contributed by atoms with Gasteiger partial charge in [0.25, 0.3) is 0 Å². The van der Waals surface area contributed by atoms with Gasteiger partial charge in [0.05, 0.1) is 17.1 Å². The van der Waals surface area contributed by atoms with Gasteiger partial charge >= 0.3 is 6.18 Å². The Morgan fingerprint density at radius 3 is 2.47 bits per heavy atom. The first-order valence-corrected chi connectivity index (χ1v) is 7.53. The quantitative estimate of drug-likeness (QED) is 0.906. The molecule has 0 bridgehead atoms. The summed E-state index contributed by atoms with van der Waals surface area (Å²) in [4.78, 5) is 0. The van der Waals surface area contributed by atoms with Crippen LogP contribution >= 0.6 is 0 Å². The molecule has 0 fully saturated rings. The molecule has 0 heterocycles. The van der Waals surface area contributed by atoms with Crippen molar-refractivity contribution >= 4 is 9.84 Å². The molecule has 1 unspecified atom stereocenters. The van der Waals surface area contributed by atoms with Crippen LogP contribution in [0.5, 0.6) is 0 Å². The summed E-state index contributed by atoms with van der Waals surface area (Å²) in [6.07, 6.45) is -4.47. The van der Waals surface area contributed by atoms with Crippen LogP contribution in [-0.4, -0.2) is 20.7 Å². The minimum Gasteiger partial charge on any atom is -0.330 e. The van der Waals surface area contributed by atoms with E-state index < -0.39 is 27.3 Å². The van der Waals surface area contributed by atoms with E-state index in [9.17, 15) is 21.6 Å². The second-order valence-electron chi connectivity index (χ2n) is 4.59. The van der Waals surface area contributed by atoms with E-state index in [2.05, 4.69) is 0 Å². The first kappa shape index (κ1) is 16.0. The number of hydrogen-bond donors (Lipinski definition) is 1. The molecule has 0 aliphatic rings. The molecule has 1 aromatic carbocycles. The van der Waals surface area contributed by atoms with Crippen LogP contribution in [0.3, 0.4) is 0 Å². The molecular formula is C12H16F3NO2S. The predicted octanol–water partition coefficient (Wildman–Crippen LogP) is 2.21. The van der Waals surface area contributed by atoms with Gasteiger partial charge in [-0.05, 0) is 24.1 Å². The van der Waals surface area contributed by atoms with Crippen LogP contribution in [0, 0.1) is 5.92 Å². The molecule has 0 amide bonds. The first-order chi connectivity index (χ1) is 8.64.